The van der Waals surface area contributed by atoms with Gasteiger partial charge in [0.25, 0.3) is 11.1 Å². The van der Waals surface area contributed by atoms with Crippen LogP contribution < -0.4 is 25.0 Å². The molecule has 3 aromatic rings. The number of piperidine rings is 1. The average Bonchev–Trinajstić information content (AvgIpc) is 3.29. The maximum absolute atomic E-state index is 11.8. The molecule has 0 unspecified atom stereocenters. The maximum atomic E-state index is 11.8. The molecule has 10 heteroatoms. The number of benzene rings is 2. The van der Waals surface area contributed by atoms with Crippen LogP contribution in [0.15, 0.2) is 59.6 Å². The summed E-state index contributed by atoms with van der Waals surface area (Å²) in [6.07, 6.45) is 5.38. The monoisotopic (exact) mass is 545 g/mol. The van der Waals surface area contributed by atoms with Gasteiger partial charge in [-0.2, -0.15) is 0 Å². The Labute approximate surface area is 232 Å². The lowest BCUT2D eigenvalue weighted by Gasteiger charge is -2.32. The molecule has 1 aromatic heterocycles. The van der Waals surface area contributed by atoms with E-state index in [1.807, 2.05) is 24.3 Å². The van der Waals surface area contributed by atoms with E-state index in [1.165, 1.54) is 5.56 Å². The zero-order valence-corrected chi connectivity index (χ0v) is 22.8. The van der Waals surface area contributed by atoms with Gasteiger partial charge in [0.15, 0.2) is 0 Å². The molecule has 9 nitrogen and oxygen atoms in total. The van der Waals surface area contributed by atoms with Gasteiger partial charge in [0.2, 0.25) is 5.95 Å². The molecule has 202 valence electrons. The molecule has 2 amide bonds. The molecule has 2 N–H and O–H groups in total. The molecule has 2 aliphatic rings. The summed E-state index contributed by atoms with van der Waals surface area (Å²) < 4.78 is 11.0. The van der Waals surface area contributed by atoms with Gasteiger partial charge in [0, 0.05) is 37.5 Å². The Morgan fingerprint density at radius 3 is 2.64 bits per heavy atom. The average molecular weight is 546 g/mol. The molecule has 3 heterocycles. The third-order valence-electron chi connectivity index (χ3n) is 6.95. The van der Waals surface area contributed by atoms with Crippen LogP contribution in [0.3, 0.4) is 0 Å². The third-order valence-corrected chi connectivity index (χ3v) is 7.76. The number of nitrogens with zero attached hydrogens (tertiary/aromatic N) is 3. The molecule has 0 saturated carbocycles. The first-order valence-corrected chi connectivity index (χ1v) is 13.7. The van der Waals surface area contributed by atoms with Crippen molar-refractivity contribution < 1.29 is 19.1 Å². The Morgan fingerprint density at radius 1 is 1.08 bits per heavy atom. The fourth-order valence-corrected chi connectivity index (χ4v) is 5.52. The summed E-state index contributed by atoms with van der Waals surface area (Å²) in [6.45, 7) is 3.41. The summed E-state index contributed by atoms with van der Waals surface area (Å²) in [5.74, 6) is 2.37. The highest BCUT2D eigenvalue weighted by Crippen LogP contribution is 2.35. The second kappa shape index (κ2) is 12.3. The molecular formula is C29H31N5O4S. The fourth-order valence-electron chi connectivity index (χ4n) is 4.86. The van der Waals surface area contributed by atoms with Crippen LogP contribution in [0.4, 0.5) is 10.7 Å². The van der Waals surface area contributed by atoms with Crippen molar-refractivity contribution in [1.29, 1.82) is 0 Å². The molecule has 2 aromatic carbocycles. The molecule has 0 radical (unpaired) electrons. The van der Waals surface area contributed by atoms with Gasteiger partial charge in [-0.25, -0.2) is 9.97 Å². The van der Waals surface area contributed by atoms with E-state index < -0.39 is 0 Å². The molecule has 0 bridgehead atoms. The van der Waals surface area contributed by atoms with E-state index in [1.54, 1.807) is 32.6 Å². The summed E-state index contributed by atoms with van der Waals surface area (Å²) >= 11 is 0.888. The van der Waals surface area contributed by atoms with Crippen molar-refractivity contribution in [2.75, 3.05) is 38.8 Å². The van der Waals surface area contributed by atoms with Gasteiger partial charge in [0.1, 0.15) is 11.5 Å². The Balaban J connectivity index is 1.16. The number of carbonyl (C=O) groups excluding carboxylic acids is 2. The predicted octanol–water partition coefficient (Wildman–Crippen LogP) is 4.49. The first kappa shape index (κ1) is 26.7. The van der Waals surface area contributed by atoms with Gasteiger partial charge in [-0.1, -0.05) is 24.3 Å². The van der Waals surface area contributed by atoms with E-state index in [4.69, 9.17) is 9.47 Å². The van der Waals surface area contributed by atoms with Crippen molar-refractivity contribution >= 4 is 34.9 Å². The molecule has 0 spiro atoms. The quantitative estimate of drug-likeness (QED) is 0.376. The summed E-state index contributed by atoms with van der Waals surface area (Å²) in [4.78, 5) is 34.8. The largest absolute Gasteiger partial charge is 0.497 e. The standard InChI is InChI=1S/C29H31N5O4S/c1-37-22-7-8-24(25(16-22)38-2)23-6-4-3-5-20(23)18-30-17-19-10-13-34(14-11-19)28-31-12-9-21(32-28)15-26-27(35)33-29(36)39-26/h3-9,12,15-16,19,30H,10-11,13-14,17-18H2,1-2H3,(H,33,35,36). The Morgan fingerprint density at radius 2 is 1.90 bits per heavy atom. The third kappa shape index (κ3) is 6.40. The smallest absolute Gasteiger partial charge is 0.290 e. The fraction of sp³-hybridized carbons (Fsp3) is 0.310. The van der Waals surface area contributed by atoms with Gasteiger partial charge in [-0.3, -0.25) is 14.9 Å². The summed E-state index contributed by atoms with van der Waals surface area (Å²) in [5, 5.41) is 5.57. The minimum atomic E-state index is -0.385. The number of carbonyl (C=O) groups is 2. The second-order valence-corrected chi connectivity index (χ2v) is 10.4. The van der Waals surface area contributed by atoms with Crippen molar-refractivity contribution in [2.24, 2.45) is 5.92 Å². The Kier molecular flexibility index (Phi) is 8.43. The van der Waals surface area contributed by atoms with E-state index in [9.17, 15) is 9.59 Å². The van der Waals surface area contributed by atoms with Gasteiger partial charge in [-0.05, 0) is 72.5 Å². The van der Waals surface area contributed by atoms with Crippen LogP contribution in [0.1, 0.15) is 24.1 Å². The van der Waals surface area contributed by atoms with Crippen molar-refractivity contribution in [3.8, 4) is 22.6 Å². The van der Waals surface area contributed by atoms with Crippen LogP contribution in [0.5, 0.6) is 11.5 Å². The predicted molar refractivity (Wildman–Crippen MR) is 153 cm³/mol. The number of hydrogen-bond acceptors (Lipinski definition) is 9. The molecule has 0 aliphatic carbocycles. The molecule has 5 rings (SSSR count). The lowest BCUT2D eigenvalue weighted by atomic mass is 9.96. The summed E-state index contributed by atoms with van der Waals surface area (Å²) in [7, 11) is 3.33. The molecule has 39 heavy (non-hydrogen) atoms. The Bertz CT molecular complexity index is 1390. The van der Waals surface area contributed by atoms with Gasteiger partial charge in [0.05, 0.1) is 24.8 Å². The maximum Gasteiger partial charge on any atom is 0.290 e. The second-order valence-electron chi connectivity index (χ2n) is 9.42. The van der Waals surface area contributed by atoms with Crippen molar-refractivity contribution in [2.45, 2.75) is 19.4 Å². The van der Waals surface area contributed by atoms with Crippen molar-refractivity contribution in [3.05, 3.63) is 70.9 Å². The van der Waals surface area contributed by atoms with E-state index in [0.29, 0.717) is 22.5 Å². The topological polar surface area (TPSA) is 106 Å². The number of imide groups is 1. The zero-order valence-electron chi connectivity index (χ0n) is 22.0. The number of ether oxygens (including phenoxy) is 2. The zero-order chi connectivity index (χ0) is 27.2. The van der Waals surface area contributed by atoms with Gasteiger partial charge >= 0.3 is 0 Å². The number of anilines is 1. The van der Waals surface area contributed by atoms with Crippen LogP contribution in [0.25, 0.3) is 17.2 Å². The van der Waals surface area contributed by atoms with Crippen molar-refractivity contribution in [3.63, 3.8) is 0 Å². The van der Waals surface area contributed by atoms with Crippen LogP contribution >= 0.6 is 11.8 Å². The number of hydrogen-bond donors (Lipinski definition) is 2. The minimum Gasteiger partial charge on any atom is -0.497 e. The van der Waals surface area contributed by atoms with E-state index in [-0.39, 0.29) is 11.1 Å². The molecular weight excluding hydrogens is 514 g/mol. The summed E-state index contributed by atoms with van der Waals surface area (Å²) in [6, 6.07) is 16.0. The molecule has 2 aliphatic heterocycles. The van der Waals surface area contributed by atoms with Crippen molar-refractivity contribution in [1.82, 2.24) is 20.6 Å². The van der Waals surface area contributed by atoms with Crippen LogP contribution in [0, 0.1) is 5.92 Å². The Hall–Kier alpha value is -3.89. The van der Waals surface area contributed by atoms with E-state index >= 15 is 0 Å². The lowest BCUT2D eigenvalue weighted by Crippen LogP contribution is -2.38. The number of aromatic nitrogens is 2. The van der Waals surface area contributed by atoms with Crippen LogP contribution in [0.2, 0.25) is 0 Å². The normalized spacial score (nSPS) is 17.0. The SMILES string of the molecule is COc1ccc(-c2ccccc2CNCC2CCN(c3nccc(C=C4SC(=O)NC4=O)n3)CC2)c(OC)c1. The van der Waals surface area contributed by atoms with Gasteiger partial charge in [-0.15, -0.1) is 0 Å². The van der Waals surface area contributed by atoms with E-state index in [0.717, 1.165) is 73.4 Å². The van der Waals surface area contributed by atoms with Gasteiger partial charge < -0.3 is 19.7 Å². The lowest BCUT2D eigenvalue weighted by molar-refractivity contribution is -0.115. The molecule has 0 atom stereocenters. The number of thioether (sulfide) groups is 1. The minimum absolute atomic E-state index is 0.349. The highest BCUT2D eigenvalue weighted by molar-refractivity contribution is 8.18. The highest BCUT2D eigenvalue weighted by Gasteiger charge is 2.26. The van der Waals surface area contributed by atoms with E-state index in [2.05, 4.69) is 43.7 Å². The molecule has 2 fully saturated rings. The highest BCUT2D eigenvalue weighted by atomic mass is 32.2. The number of methoxy groups -OCH3 is 2. The summed E-state index contributed by atoms with van der Waals surface area (Å²) in [5.41, 5.74) is 4.02. The first-order chi connectivity index (χ1) is 19.0. The molecule has 2 saturated heterocycles. The number of amides is 2. The number of nitrogens with one attached hydrogen (secondary N) is 2. The first-order valence-electron chi connectivity index (χ1n) is 12.9. The van der Waals surface area contributed by atoms with Crippen LogP contribution in [-0.2, 0) is 11.3 Å². The number of rotatable bonds is 9. The van der Waals surface area contributed by atoms with Crippen LogP contribution in [-0.4, -0.2) is 55.0 Å².